The average molecular weight is 279 g/mol. The summed E-state index contributed by atoms with van der Waals surface area (Å²) in [6, 6.07) is 5.92. The summed E-state index contributed by atoms with van der Waals surface area (Å²) in [6.45, 7) is 4.90. The summed E-state index contributed by atoms with van der Waals surface area (Å²) < 4.78 is 0. The van der Waals surface area contributed by atoms with Crippen molar-refractivity contribution in [3.63, 3.8) is 0 Å². The highest BCUT2D eigenvalue weighted by atomic mass is 16.4. The van der Waals surface area contributed by atoms with Crippen LogP contribution in [0.2, 0.25) is 0 Å². The number of hydrogen-bond acceptors (Lipinski definition) is 3. The Morgan fingerprint density at radius 1 is 1.00 bits per heavy atom. The summed E-state index contributed by atoms with van der Waals surface area (Å²) in [4.78, 5) is 23.3. The van der Waals surface area contributed by atoms with Gasteiger partial charge in [0.1, 0.15) is 0 Å². The maximum atomic E-state index is 10.8. The van der Waals surface area contributed by atoms with E-state index in [-0.39, 0.29) is 12.8 Å². The van der Waals surface area contributed by atoms with Crippen LogP contribution in [0.25, 0.3) is 0 Å². The zero-order chi connectivity index (χ0) is 15.1. The highest BCUT2D eigenvalue weighted by Crippen LogP contribution is 2.25. The average Bonchev–Trinajstić information content (AvgIpc) is 2.34. The number of rotatable bonds is 8. The molecule has 1 aromatic rings. The Bertz CT molecular complexity index is 465. The molecule has 5 heteroatoms. The third-order valence-corrected chi connectivity index (χ3v) is 3.17. The highest BCUT2D eigenvalue weighted by Gasteiger charge is 2.13. The first kappa shape index (κ1) is 16.0. The number of para-hydroxylation sites is 1. The Balaban J connectivity index is 2.85. The first-order valence-electron chi connectivity index (χ1n) is 6.66. The van der Waals surface area contributed by atoms with E-state index in [9.17, 15) is 9.59 Å². The summed E-state index contributed by atoms with van der Waals surface area (Å²) in [7, 11) is 0. The minimum absolute atomic E-state index is 0.0425. The van der Waals surface area contributed by atoms with Gasteiger partial charge in [0, 0.05) is 25.2 Å². The lowest BCUT2D eigenvalue weighted by atomic mass is 10.1. The Labute approximate surface area is 118 Å². The fourth-order valence-electron chi connectivity index (χ4n) is 2.29. The van der Waals surface area contributed by atoms with Gasteiger partial charge < -0.3 is 15.1 Å². The Hall–Kier alpha value is -2.04. The zero-order valence-corrected chi connectivity index (χ0v) is 11.9. The minimum Gasteiger partial charge on any atom is -0.481 e. The molecule has 0 bridgehead atoms. The van der Waals surface area contributed by atoms with Gasteiger partial charge in [0.25, 0.3) is 0 Å². The zero-order valence-electron chi connectivity index (χ0n) is 11.9. The quantitative estimate of drug-likeness (QED) is 0.764. The van der Waals surface area contributed by atoms with E-state index in [2.05, 4.69) is 0 Å². The molecular weight excluding hydrogens is 258 g/mol. The maximum Gasteiger partial charge on any atom is 0.305 e. The van der Waals surface area contributed by atoms with Crippen molar-refractivity contribution in [3.05, 3.63) is 29.3 Å². The fraction of sp³-hybridized carbons (Fsp3) is 0.467. The molecule has 0 spiro atoms. The number of carbonyl (C=O) groups is 2. The van der Waals surface area contributed by atoms with Crippen LogP contribution in [-0.4, -0.2) is 35.2 Å². The molecule has 0 heterocycles. The van der Waals surface area contributed by atoms with Gasteiger partial charge >= 0.3 is 11.9 Å². The van der Waals surface area contributed by atoms with Gasteiger partial charge in [0.2, 0.25) is 0 Å². The molecule has 0 fully saturated rings. The third kappa shape index (κ3) is 4.91. The topological polar surface area (TPSA) is 77.8 Å². The molecule has 0 atom stereocenters. The molecule has 0 amide bonds. The molecule has 0 aliphatic rings. The van der Waals surface area contributed by atoms with Gasteiger partial charge in [-0.3, -0.25) is 9.59 Å². The second kappa shape index (κ2) is 7.53. The van der Waals surface area contributed by atoms with Gasteiger partial charge in [0.15, 0.2) is 0 Å². The second-order valence-electron chi connectivity index (χ2n) is 4.87. The van der Waals surface area contributed by atoms with Gasteiger partial charge in [-0.05, 0) is 31.4 Å². The molecule has 0 unspecified atom stereocenters. The molecule has 0 radical (unpaired) electrons. The fourth-order valence-corrected chi connectivity index (χ4v) is 2.29. The highest BCUT2D eigenvalue weighted by molar-refractivity contribution is 5.69. The van der Waals surface area contributed by atoms with E-state index in [0.29, 0.717) is 19.5 Å². The molecular formula is C15H21NO4. The Morgan fingerprint density at radius 3 is 2.05 bits per heavy atom. The molecule has 0 aliphatic carbocycles. The number of anilines is 1. The lowest BCUT2D eigenvalue weighted by molar-refractivity contribution is -0.138. The predicted molar refractivity (Wildman–Crippen MR) is 77.3 cm³/mol. The van der Waals surface area contributed by atoms with Gasteiger partial charge in [-0.25, -0.2) is 0 Å². The number of carboxylic acids is 2. The van der Waals surface area contributed by atoms with Gasteiger partial charge in [0.05, 0.1) is 6.42 Å². The van der Waals surface area contributed by atoms with Crippen LogP contribution < -0.4 is 4.90 Å². The molecule has 0 aromatic heterocycles. The van der Waals surface area contributed by atoms with E-state index in [1.54, 1.807) is 0 Å². The smallest absolute Gasteiger partial charge is 0.305 e. The second-order valence-corrected chi connectivity index (χ2v) is 4.87. The normalized spacial score (nSPS) is 10.3. The van der Waals surface area contributed by atoms with E-state index >= 15 is 0 Å². The van der Waals surface area contributed by atoms with Gasteiger partial charge in [-0.15, -0.1) is 0 Å². The molecule has 0 aliphatic heterocycles. The lowest BCUT2D eigenvalue weighted by Crippen LogP contribution is -2.29. The van der Waals surface area contributed by atoms with Crippen LogP contribution in [0.4, 0.5) is 5.69 Å². The predicted octanol–water partition coefficient (Wildman–Crippen LogP) is 2.45. The summed E-state index contributed by atoms with van der Waals surface area (Å²) in [5, 5.41) is 17.6. The van der Waals surface area contributed by atoms with Crippen molar-refractivity contribution >= 4 is 17.6 Å². The van der Waals surface area contributed by atoms with E-state index in [0.717, 1.165) is 16.8 Å². The van der Waals surface area contributed by atoms with Crippen LogP contribution in [0.5, 0.6) is 0 Å². The molecule has 110 valence electrons. The first-order chi connectivity index (χ1) is 9.41. The van der Waals surface area contributed by atoms with Gasteiger partial charge in [-0.1, -0.05) is 18.2 Å². The molecule has 1 aromatic carbocycles. The molecule has 20 heavy (non-hydrogen) atoms. The van der Waals surface area contributed by atoms with Crippen molar-refractivity contribution in [2.75, 3.05) is 18.0 Å². The lowest BCUT2D eigenvalue weighted by Gasteiger charge is -2.27. The van der Waals surface area contributed by atoms with Crippen molar-refractivity contribution in [1.82, 2.24) is 0 Å². The molecule has 5 nitrogen and oxygen atoms in total. The summed E-state index contributed by atoms with van der Waals surface area (Å²) >= 11 is 0. The van der Waals surface area contributed by atoms with E-state index in [4.69, 9.17) is 10.2 Å². The van der Waals surface area contributed by atoms with Crippen molar-refractivity contribution < 1.29 is 19.8 Å². The number of benzene rings is 1. The maximum absolute atomic E-state index is 10.8. The standard InChI is InChI=1S/C15H21NO4/c1-11-5-3-6-12(2)15(11)16(10-8-14(19)20)9-4-7-13(17)18/h3,5-6H,4,7-10H2,1-2H3,(H,17,18)(H,19,20). The van der Waals surface area contributed by atoms with Crippen molar-refractivity contribution in [2.24, 2.45) is 0 Å². The molecule has 1 rings (SSSR count). The summed E-state index contributed by atoms with van der Waals surface area (Å²) in [5.41, 5.74) is 3.16. The summed E-state index contributed by atoms with van der Waals surface area (Å²) in [6.07, 6.45) is 0.637. The number of aryl methyl sites for hydroxylation is 2. The number of hydrogen-bond donors (Lipinski definition) is 2. The molecule has 0 saturated heterocycles. The van der Waals surface area contributed by atoms with Crippen LogP contribution in [0.15, 0.2) is 18.2 Å². The van der Waals surface area contributed by atoms with Crippen LogP contribution in [0.1, 0.15) is 30.4 Å². The van der Waals surface area contributed by atoms with Crippen LogP contribution in [0, 0.1) is 13.8 Å². The molecule has 2 N–H and O–H groups in total. The number of nitrogens with zero attached hydrogens (tertiary/aromatic N) is 1. The van der Waals surface area contributed by atoms with E-state index in [1.807, 2.05) is 36.9 Å². The van der Waals surface area contributed by atoms with E-state index in [1.165, 1.54) is 0 Å². The first-order valence-corrected chi connectivity index (χ1v) is 6.66. The number of carboxylic acid groups (broad SMARTS) is 2. The summed E-state index contributed by atoms with van der Waals surface area (Å²) in [5.74, 6) is -1.68. The van der Waals surface area contributed by atoms with Crippen molar-refractivity contribution in [2.45, 2.75) is 33.1 Å². The Morgan fingerprint density at radius 2 is 1.55 bits per heavy atom. The van der Waals surface area contributed by atoms with Crippen molar-refractivity contribution in [3.8, 4) is 0 Å². The third-order valence-electron chi connectivity index (χ3n) is 3.17. The van der Waals surface area contributed by atoms with Crippen LogP contribution >= 0.6 is 0 Å². The largest absolute Gasteiger partial charge is 0.481 e. The number of aliphatic carboxylic acids is 2. The SMILES string of the molecule is Cc1cccc(C)c1N(CCCC(=O)O)CCC(=O)O. The Kier molecular flexibility index (Phi) is 6.03. The van der Waals surface area contributed by atoms with Crippen molar-refractivity contribution in [1.29, 1.82) is 0 Å². The van der Waals surface area contributed by atoms with E-state index < -0.39 is 11.9 Å². The van der Waals surface area contributed by atoms with Crippen LogP contribution in [0.3, 0.4) is 0 Å². The molecule has 0 saturated carbocycles. The monoisotopic (exact) mass is 279 g/mol. The van der Waals surface area contributed by atoms with Crippen LogP contribution in [-0.2, 0) is 9.59 Å². The minimum atomic E-state index is -0.848. The van der Waals surface area contributed by atoms with Gasteiger partial charge in [-0.2, -0.15) is 0 Å².